The second kappa shape index (κ2) is 9.50. The maximum atomic E-state index is 12.8. The highest BCUT2D eigenvalue weighted by Gasteiger charge is 2.34. The van der Waals surface area contributed by atoms with Crippen LogP contribution in [0.3, 0.4) is 0 Å². The van der Waals surface area contributed by atoms with Gasteiger partial charge in [-0.3, -0.25) is 15.0 Å². The Morgan fingerprint density at radius 2 is 1.70 bits per heavy atom. The summed E-state index contributed by atoms with van der Waals surface area (Å²) in [6, 6.07) is 10.2. The van der Waals surface area contributed by atoms with Crippen molar-refractivity contribution in [2.24, 2.45) is 0 Å². The molecule has 30 heavy (non-hydrogen) atoms. The van der Waals surface area contributed by atoms with E-state index < -0.39 is 11.8 Å². The van der Waals surface area contributed by atoms with E-state index in [1.807, 2.05) is 0 Å². The Morgan fingerprint density at radius 1 is 1.10 bits per heavy atom. The van der Waals surface area contributed by atoms with Crippen molar-refractivity contribution >= 4 is 62.1 Å². The molecule has 2 amide bonds. The van der Waals surface area contributed by atoms with E-state index in [0.29, 0.717) is 33.3 Å². The molecule has 0 saturated carbocycles. The van der Waals surface area contributed by atoms with Gasteiger partial charge in [-0.15, -0.1) is 0 Å². The number of rotatable bonds is 6. The number of thioether (sulfide) groups is 1. The molecule has 3 rings (SSSR count). The molecule has 0 unspecified atom stereocenters. The van der Waals surface area contributed by atoms with Gasteiger partial charge in [0.15, 0.2) is 15.8 Å². The molecule has 0 atom stereocenters. The van der Waals surface area contributed by atoms with Crippen LogP contribution in [0.2, 0.25) is 0 Å². The van der Waals surface area contributed by atoms with E-state index in [1.54, 1.807) is 42.5 Å². The van der Waals surface area contributed by atoms with E-state index in [9.17, 15) is 9.59 Å². The van der Waals surface area contributed by atoms with Crippen LogP contribution < -0.4 is 19.6 Å². The van der Waals surface area contributed by atoms with E-state index in [2.05, 4.69) is 21.4 Å². The number of hydrogen-bond donors (Lipinski definition) is 1. The number of nitrogens with one attached hydrogen (secondary N) is 1. The molecule has 156 valence electrons. The van der Waals surface area contributed by atoms with Gasteiger partial charge in [-0.2, -0.15) is 5.01 Å². The van der Waals surface area contributed by atoms with Crippen LogP contribution in [0.1, 0.15) is 15.9 Å². The molecule has 0 radical (unpaired) electrons. The summed E-state index contributed by atoms with van der Waals surface area (Å²) in [6.45, 7) is 0. The van der Waals surface area contributed by atoms with Gasteiger partial charge in [0.25, 0.3) is 11.8 Å². The number of thiocarbonyl (C=S) groups is 1. The molecule has 1 aliphatic heterocycles. The monoisotopic (exact) mass is 508 g/mol. The molecule has 0 bridgehead atoms. The number of benzene rings is 2. The lowest BCUT2D eigenvalue weighted by atomic mass is 10.1. The van der Waals surface area contributed by atoms with Crippen molar-refractivity contribution in [3.8, 4) is 17.2 Å². The van der Waals surface area contributed by atoms with Crippen molar-refractivity contribution in [2.75, 3.05) is 21.3 Å². The first-order valence-corrected chi connectivity index (χ1v) is 10.5. The summed E-state index contributed by atoms with van der Waals surface area (Å²) in [4.78, 5) is 25.6. The number of hydrogen-bond acceptors (Lipinski definition) is 7. The average molecular weight is 509 g/mol. The number of carbonyl (C=O) groups is 2. The summed E-state index contributed by atoms with van der Waals surface area (Å²) >= 11 is 9.68. The van der Waals surface area contributed by atoms with Crippen molar-refractivity contribution in [1.82, 2.24) is 10.4 Å². The van der Waals surface area contributed by atoms with Gasteiger partial charge in [0.2, 0.25) is 5.75 Å². The predicted octanol–water partition coefficient (Wildman–Crippen LogP) is 4.02. The highest BCUT2D eigenvalue weighted by Crippen LogP contribution is 2.40. The normalized spacial score (nSPS) is 14.8. The van der Waals surface area contributed by atoms with Gasteiger partial charge in [0.05, 0.1) is 26.2 Å². The van der Waals surface area contributed by atoms with Crippen molar-refractivity contribution in [3.05, 3.63) is 56.9 Å². The minimum Gasteiger partial charge on any atom is -0.493 e. The summed E-state index contributed by atoms with van der Waals surface area (Å²) < 4.78 is 17.1. The van der Waals surface area contributed by atoms with Crippen LogP contribution in [0.25, 0.3) is 6.08 Å². The van der Waals surface area contributed by atoms with Gasteiger partial charge in [0.1, 0.15) is 0 Å². The Kier molecular flexibility index (Phi) is 7.01. The lowest BCUT2D eigenvalue weighted by molar-refractivity contribution is -0.123. The summed E-state index contributed by atoms with van der Waals surface area (Å²) in [5.74, 6) is 0.507. The summed E-state index contributed by atoms with van der Waals surface area (Å²) in [7, 11) is 4.54. The molecular weight excluding hydrogens is 492 g/mol. The molecule has 1 saturated heterocycles. The SMILES string of the molecule is COc1cc(C=C2SC(=S)N(NC(=O)c3ccc(Br)cc3)C2=O)cc(OC)c1OC. The third-order valence-electron chi connectivity index (χ3n) is 4.10. The van der Waals surface area contributed by atoms with E-state index in [1.165, 1.54) is 21.3 Å². The topological polar surface area (TPSA) is 77.1 Å². The molecular formula is C20H17BrN2O5S2. The van der Waals surface area contributed by atoms with Crippen molar-refractivity contribution < 1.29 is 23.8 Å². The fraction of sp³-hybridized carbons (Fsp3) is 0.150. The number of ether oxygens (including phenoxy) is 3. The molecule has 7 nitrogen and oxygen atoms in total. The van der Waals surface area contributed by atoms with Gasteiger partial charge in [-0.25, -0.2) is 0 Å². The molecule has 1 N–H and O–H groups in total. The van der Waals surface area contributed by atoms with Gasteiger partial charge in [0, 0.05) is 10.0 Å². The summed E-state index contributed by atoms with van der Waals surface area (Å²) in [5, 5.41) is 1.06. The number of halogens is 1. The Hall–Kier alpha value is -2.56. The lowest BCUT2D eigenvalue weighted by Gasteiger charge is -2.15. The second-order valence-corrected chi connectivity index (χ2v) is 8.52. The van der Waals surface area contributed by atoms with Crippen LogP contribution in [0.5, 0.6) is 17.2 Å². The van der Waals surface area contributed by atoms with Crippen molar-refractivity contribution in [2.45, 2.75) is 0 Å². The number of nitrogens with zero attached hydrogens (tertiary/aromatic N) is 1. The molecule has 0 aliphatic carbocycles. The molecule has 1 fully saturated rings. The Bertz CT molecular complexity index is 1010. The van der Waals surface area contributed by atoms with E-state index in [-0.39, 0.29) is 4.32 Å². The smallest absolute Gasteiger partial charge is 0.285 e. The predicted molar refractivity (Wildman–Crippen MR) is 123 cm³/mol. The Labute approximate surface area is 191 Å². The first kappa shape index (κ1) is 22.1. The molecule has 2 aromatic carbocycles. The first-order chi connectivity index (χ1) is 14.4. The van der Waals surface area contributed by atoms with Crippen molar-refractivity contribution in [1.29, 1.82) is 0 Å². The maximum absolute atomic E-state index is 12.8. The van der Waals surface area contributed by atoms with Crippen LogP contribution >= 0.6 is 39.9 Å². The first-order valence-electron chi connectivity index (χ1n) is 8.52. The number of methoxy groups -OCH3 is 3. The molecule has 0 spiro atoms. The van der Waals surface area contributed by atoms with E-state index in [0.717, 1.165) is 21.2 Å². The molecule has 1 aliphatic rings. The Morgan fingerprint density at radius 3 is 2.23 bits per heavy atom. The lowest BCUT2D eigenvalue weighted by Crippen LogP contribution is -2.44. The maximum Gasteiger partial charge on any atom is 0.285 e. The van der Waals surface area contributed by atoms with Gasteiger partial charge in [-0.1, -0.05) is 27.7 Å². The second-order valence-electron chi connectivity index (χ2n) is 5.92. The van der Waals surface area contributed by atoms with Gasteiger partial charge < -0.3 is 14.2 Å². The van der Waals surface area contributed by atoms with Gasteiger partial charge >= 0.3 is 0 Å². The largest absolute Gasteiger partial charge is 0.493 e. The van der Waals surface area contributed by atoms with Crippen LogP contribution in [-0.2, 0) is 4.79 Å². The molecule has 1 heterocycles. The minimum atomic E-state index is -0.437. The van der Waals surface area contributed by atoms with Crippen LogP contribution in [-0.4, -0.2) is 42.5 Å². The average Bonchev–Trinajstić information content (AvgIpc) is 3.00. The van der Waals surface area contributed by atoms with Gasteiger partial charge in [-0.05, 0) is 60.3 Å². The minimum absolute atomic E-state index is 0.226. The Balaban J connectivity index is 1.84. The third kappa shape index (κ3) is 4.61. The fourth-order valence-corrected chi connectivity index (χ4v) is 4.11. The zero-order valence-electron chi connectivity index (χ0n) is 16.2. The van der Waals surface area contributed by atoms with Crippen LogP contribution in [0.15, 0.2) is 45.8 Å². The standard InChI is InChI=1S/C20H17BrN2O5S2/c1-26-14-8-11(9-15(27-2)17(14)28-3)10-16-19(25)23(20(29)30-16)22-18(24)12-4-6-13(21)7-5-12/h4-10H,1-3H3,(H,22,24). The third-order valence-corrected chi connectivity index (χ3v) is 5.93. The number of amides is 2. The van der Waals surface area contributed by atoms with E-state index >= 15 is 0 Å². The fourth-order valence-electron chi connectivity index (χ4n) is 2.67. The summed E-state index contributed by atoms with van der Waals surface area (Å²) in [5.41, 5.74) is 3.61. The number of hydrazine groups is 1. The summed E-state index contributed by atoms with van der Waals surface area (Å²) in [6.07, 6.45) is 1.65. The van der Waals surface area contributed by atoms with E-state index in [4.69, 9.17) is 26.4 Å². The zero-order valence-corrected chi connectivity index (χ0v) is 19.4. The zero-order chi connectivity index (χ0) is 21.8. The van der Waals surface area contributed by atoms with Crippen LogP contribution in [0.4, 0.5) is 0 Å². The molecule has 0 aromatic heterocycles. The molecule has 2 aromatic rings. The highest BCUT2D eigenvalue weighted by atomic mass is 79.9. The van der Waals surface area contributed by atoms with Crippen LogP contribution in [0, 0.1) is 0 Å². The quantitative estimate of drug-likeness (QED) is 0.466. The number of carbonyl (C=O) groups excluding carboxylic acids is 2. The molecule has 10 heteroatoms. The highest BCUT2D eigenvalue weighted by molar-refractivity contribution is 9.10. The van der Waals surface area contributed by atoms with Crippen molar-refractivity contribution in [3.63, 3.8) is 0 Å².